The molecule has 7 nitrogen and oxygen atoms in total. The van der Waals surface area contributed by atoms with Crippen LogP contribution in [0.25, 0.3) is 5.69 Å². The van der Waals surface area contributed by atoms with Crippen LogP contribution < -0.4 is 10.1 Å². The highest BCUT2D eigenvalue weighted by Gasteiger charge is 2.14. The number of aromatic nitrogens is 3. The number of ether oxygens (including phenoxy) is 2. The van der Waals surface area contributed by atoms with Crippen LogP contribution in [0.5, 0.6) is 5.75 Å². The van der Waals surface area contributed by atoms with E-state index < -0.39 is 0 Å². The fraction of sp³-hybridized carbons (Fsp3) is 0.571. The summed E-state index contributed by atoms with van der Waals surface area (Å²) in [6.07, 6.45) is 7.50. The summed E-state index contributed by atoms with van der Waals surface area (Å²) in [6.45, 7) is 3.24. The summed E-state index contributed by atoms with van der Waals surface area (Å²) in [6, 6.07) is 7.69. The number of hydrogen-bond acceptors (Lipinski definition) is 6. The van der Waals surface area contributed by atoms with Gasteiger partial charge in [0.1, 0.15) is 11.6 Å². The summed E-state index contributed by atoms with van der Waals surface area (Å²) in [5.74, 6) is 1.87. The smallest absolute Gasteiger partial charge is 0.230 e. The maximum Gasteiger partial charge on any atom is 0.230 e. The summed E-state index contributed by atoms with van der Waals surface area (Å²) in [7, 11) is 1.64. The molecule has 1 saturated carbocycles. The van der Waals surface area contributed by atoms with E-state index in [2.05, 4.69) is 15.5 Å². The van der Waals surface area contributed by atoms with Gasteiger partial charge < -0.3 is 14.8 Å². The van der Waals surface area contributed by atoms with Crippen molar-refractivity contribution in [1.82, 2.24) is 20.1 Å². The van der Waals surface area contributed by atoms with Gasteiger partial charge in [0, 0.05) is 18.8 Å². The normalized spacial score (nSPS) is 14.7. The van der Waals surface area contributed by atoms with Gasteiger partial charge in [0.15, 0.2) is 5.16 Å². The molecule has 3 rings (SSSR count). The van der Waals surface area contributed by atoms with Gasteiger partial charge in [-0.3, -0.25) is 9.36 Å². The molecule has 0 aliphatic heterocycles. The zero-order chi connectivity index (χ0) is 20.5. The Hall–Kier alpha value is -2.06. The van der Waals surface area contributed by atoms with Crippen molar-refractivity contribution in [2.75, 3.05) is 26.0 Å². The fourth-order valence-electron chi connectivity index (χ4n) is 3.43. The number of benzene rings is 1. The van der Waals surface area contributed by atoms with Gasteiger partial charge in [-0.1, -0.05) is 31.0 Å². The molecule has 0 saturated heterocycles. The predicted octanol–water partition coefficient (Wildman–Crippen LogP) is 3.53. The van der Waals surface area contributed by atoms with E-state index in [0.717, 1.165) is 23.7 Å². The molecule has 2 aromatic rings. The summed E-state index contributed by atoms with van der Waals surface area (Å²) < 4.78 is 13.0. The number of amides is 1. The van der Waals surface area contributed by atoms with Gasteiger partial charge in [0.05, 0.1) is 19.0 Å². The van der Waals surface area contributed by atoms with E-state index in [1.54, 1.807) is 7.11 Å². The second-order valence-corrected chi connectivity index (χ2v) is 8.13. The number of nitrogens with one attached hydrogen (secondary N) is 1. The first-order chi connectivity index (χ1) is 14.2. The monoisotopic (exact) mass is 418 g/mol. The molecule has 8 heteroatoms. The van der Waals surface area contributed by atoms with Crippen LogP contribution in [0.1, 0.15) is 44.3 Å². The Bertz CT molecular complexity index is 773. The minimum Gasteiger partial charge on any atom is -0.497 e. The molecule has 0 atom stereocenters. The number of carbonyl (C=O) groups excluding carboxylic acids is 1. The highest BCUT2D eigenvalue weighted by atomic mass is 32.2. The third-order valence-corrected chi connectivity index (χ3v) is 5.94. The molecule has 0 unspecified atom stereocenters. The molecule has 1 amide bonds. The van der Waals surface area contributed by atoms with Crippen molar-refractivity contribution in [3.8, 4) is 11.4 Å². The van der Waals surface area contributed by atoms with Crippen LogP contribution in [-0.4, -0.2) is 52.8 Å². The molecule has 1 aliphatic rings. The lowest BCUT2D eigenvalue weighted by atomic mass is 9.98. The topological polar surface area (TPSA) is 78.3 Å². The molecular weight excluding hydrogens is 388 g/mol. The maximum absolute atomic E-state index is 12.2. The van der Waals surface area contributed by atoms with E-state index >= 15 is 0 Å². The minimum absolute atomic E-state index is 0.00500. The lowest BCUT2D eigenvalue weighted by molar-refractivity contribution is -0.118. The molecule has 1 N–H and O–H groups in total. The first-order valence-corrected chi connectivity index (χ1v) is 11.2. The predicted molar refractivity (Wildman–Crippen MR) is 114 cm³/mol. The van der Waals surface area contributed by atoms with E-state index in [-0.39, 0.29) is 5.91 Å². The fourth-order valence-corrected chi connectivity index (χ4v) is 4.26. The van der Waals surface area contributed by atoms with Crippen molar-refractivity contribution in [3.63, 3.8) is 0 Å². The van der Waals surface area contributed by atoms with Crippen molar-refractivity contribution < 1.29 is 14.3 Å². The number of thioether (sulfide) groups is 1. The standard InChI is InChI=1S/C21H30N4O3S/c1-16-23-24-21(25(16)17-9-11-18(27-2)12-10-17)29-15-20(26)22-13-6-14-28-19-7-4-3-5-8-19/h9-12,19H,3-8,13-15H2,1-2H3,(H,22,26). The molecule has 1 aromatic heterocycles. The van der Waals surface area contributed by atoms with Crippen molar-refractivity contribution >= 4 is 17.7 Å². The van der Waals surface area contributed by atoms with Gasteiger partial charge in [0.25, 0.3) is 0 Å². The Morgan fingerprint density at radius 2 is 1.97 bits per heavy atom. The van der Waals surface area contributed by atoms with Crippen LogP contribution in [0.3, 0.4) is 0 Å². The zero-order valence-corrected chi connectivity index (χ0v) is 18.0. The SMILES string of the molecule is COc1ccc(-n2c(C)nnc2SCC(=O)NCCCOC2CCCCC2)cc1. The highest BCUT2D eigenvalue weighted by Crippen LogP contribution is 2.23. The molecule has 1 aromatic carbocycles. The lowest BCUT2D eigenvalue weighted by Gasteiger charge is -2.21. The van der Waals surface area contributed by atoms with Crippen LogP contribution in [0.2, 0.25) is 0 Å². The van der Waals surface area contributed by atoms with Crippen LogP contribution >= 0.6 is 11.8 Å². The van der Waals surface area contributed by atoms with Gasteiger partial charge in [-0.05, 0) is 50.5 Å². The summed E-state index contributed by atoms with van der Waals surface area (Å²) in [5, 5.41) is 12.0. The van der Waals surface area contributed by atoms with Gasteiger partial charge in [0.2, 0.25) is 5.91 Å². The first-order valence-electron chi connectivity index (χ1n) is 10.2. The Kier molecular flexibility index (Phi) is 8.37. The molecular formula is C21H30N4O3S. The quantitative estimate of drug-likeness (QED) is 0.470. The zero-order valence-electron chi connectivity index (χ0n) is 17.2. The van der Waals surface area contributed by atoms with Gasteiger partial charge in [-0.25, -0.2) is 0 Å². The Balaban J connectivity index is 1.41. The van der Waals surface area contributed by atoms with Gasteiger partial charge in [-0.2, -0.15) is 0 Å². The average molecular weight is 419 g/mol. The molecule has 158 valence electrons. The van der Waals surface area contributed by atoms with Crippen LogP contribution in [0.15, 0.2) is 29.4 Å². The number of aryl methyl sites for hydroxylation is 1. The number of carbonyl (C=O) groups is 1. The summed E-state index contributed by atoms with van der Waals surface area (Å²) in [4.78, 5) is 12.2. The van der Waals surface area contributed by atoms with E-state index in [1.165, 1.54) is 43.9 Å². The number of rotatable bonds is 10. The number of methoxy groups -OCH3 is 1. The minimum atomic E-state index is -0.00500. The van der Waals surface area contributed by atoms with Crippen molar-refractivity contribution in [2.45, 2.75) is 56.7 Å². The van der Waals surface area contributed by atoms with Crippen LogP contribution in [-0.2, 0) is 9.53 Å². The van der Waals surface area contributed by atoms with E-state index in [4.69, 9.17) is 9.47 Å². The molecule has 1 aliphatic carbocycles. The van der Waals surface area contributed by atoms with E-state index in [9.17, 15) is 4.79 Å². The van der Waals surface area contributed by atoms with Crippen LogP contribution in [0, 0.1) is 6.92 Å². The Morgan fingerprint density at radius 1 is 1.21 bits per heavy atom. The Labute approximate surface area is 176 Å². The first kappa shape index (κ1) is 21.6. The average Bonchev–Trinajstić information content (AvgIpc) is 3.13. The van der Waals surface area contributed by atoms with Gasteiger partial charge in [-0.15, -0.1) is 10.2 Å². The van der Waals surface area contributed by atoms with Crippen molar-refractivity contribution in [2.24, 2.45) is 0 Å². The van der Waals surface area contributed by atoms with E-state index in [0.29, 0.717) is 30.2 Å². The third-order valence-electron chi connectivity index (χ3n) is 5.01. The summed E-state index contributed by atoms with van der Waals surface area (Å²) in [5.41, 5.74) is 0.941. The number of hydrogen-bond donors (Lipinski definition) is 1. The highest BCUT2D eigenvalue weighted by molar-refractivity contribution is 7.99. The number of nitrogens with zero attached hydrogens (tertiary/aromatic N) is 3. The van der Waals surface area contributed by atoms with Crippen molar-refractivity contribution in [3.05, 3.63) is 30.1 Å². The maximum atomic E-state index is 12.2. The molecule has 1 heterocycles. The molecule has 0 bridgehead atoms. The van der Waals surface area contributed by atoms with Crippen molar-refractivity contribution in [1.29, 1.82) is 0 Å². The van der Waals surface area contributed by atoms with Gasteiger partial charge >= 0.3 is 0 Å². The molecule has 29 heavy (non-hydrogen) atoms. The third kappa shape index (κ3) is 6.47. The summed E-state index contributed by atoms with van der Waals surface area (Å²) >= 11 is 1.38. The Morgan fingerprint density at radius 3 is 2.69 bits per heavy atom. The largest absolute Gasteiger partial charge is 0.497 e. The molecule has 1 fully saturated rings. The lowest BCUT2D eigenvalue weighted by Crippen LogP contribution is -2.27. The van der Waals surface area contributed by atoms with Crippen LogP contribution in [0.4, 0.5) is 0 Å². The second-order valence-electron chi connectivity index (χ2n) is 7.19. The van der Waals surface area contributed by atoms with E-state index in [1.807, 2.05) is 35.8 Å². The second kappa shape index (κ2) is 11.2. The molecule has 0 spiro atoms. The molecule has 0 radical (unpaired) electrons.